The van der Waals surface area contributed by atoms with Gasteiger partial charge in [0.15, 0.2) is 0 Å². The fraction of sp³-hybridized carbons (Fsp3) is 0.400. The Morgan fingerprint density at radius 2 is 1.57 bits per heavy atom. The molecule has 114 valence electrons. The van der Waals surface area contributed by atoms with Gasteiger partial charge in [-0.1, -0.05) is 31.5 Å². The van der Waals surface area contributed by atoms with Gasteiger partial charge in [-0.2, -0.15) is 0 Å². The average molecular weight is 291 g/mol. The molecule has 0 bridgehead atoms. The number of benzene rings is 1. The van der Waals surface area contributed by atoms with Crippen LogP contribution in [0.3, 0.4) is 0 Å². The van der Waals surface area contributed by atoms with Gasteiger partial charge in [0, 0.05) is 12.5 Å². The summed E-state index contributed by atoms with van der Waals surface area (Å²) in [5.74, 6) is -1.26. The third kappa shape index (κ3) is 5.25. The van der Waals surface area contributed by atoms with Crippen LogP contribution in [-0.2, 0) is 9.59 Å². The van der Waals surface area contributed by atoms with E-state index in [2.05, 4.69) is 16.2 Å². The van der Waals surface area contributed by atoms with Crippen LogP contribution in [0.1, 0.15) is 36.7 Å². The molecule has 1 rings (SSSR count). The summed E-state index contributed by atoms with van der Waals surface area (Å²) < 4.78 is 0. The van der Waals surface area contributed by atoms with Crippen LogP contribution in [0.15, 0.2) is 24.3 Å². The van der Waals surface area contributed by atoms with Crippen LogP contribution in [-0.4, -0.2) is 23.8 Å². The number of amides is 3. The van der Waals surface area contributed by atoms with Crippen LogP contribution in [0.25, 0.3) is 0 Å². The molecule has 6 nitrogen and oxygen atoms in total. The van der Waals surface area contributed by atoms with Crippen molar-refractivity contribution in [2.24, 2.45) is 5.92 Å². The van der Waals surface area contributed by atoms with Crippen LogP contribution in [0.4, 0.5) is 0 Å². The third-order valence-electron chi connectivity index (χ3n) is 2.92. The van der Waals surface area contributed by atoms with Crippen molar-refractivity contribution in [3.63, 3.8) is 0 Å². The Labute approximate surface area is 124 Å². The molecule has 6 heteroatoms. The predicted molar refractivity (Wildman–Crippen MR) is 79.2 cm³/mol. The molecule has 3 amide bonds. The van der Waals surface area contributed by atoms with E-state index >= 15 is 0 Å². The van der Waals surface area contributed by atoms with Crippen molar-refractivity contribution in [2.75, 3.05) is 0 Å². The second-order valence-corrected chi connectivity index (χ2v) is 5.23. The van der Waals surface area contributed by atoms with Gasteiger partial charge in [0.25, 0.3) is 11.8 Å². The SMILES string of the molecule is CC(=O)N[C@@H](C(=O)NNC(=O)c1ccc(C)cc1)C(C)C. The van der Waals surface area contributed by atoms with Gasteiger partial charge in [0.1, 0.15) is 6.04 Å². The summed E-state index contributed by atoms with van der Waals surface area (Å²) >= 11 is 0. The first-order valence-corrected chi connectivity index (χ1v) is 6.75. The predicted octanol–water partition coefficient (Wildman–Crippen LogP) is 0.917. The van der Waals surface area contributed by atoms with E-state index in [4.69, 9.17) is 0 Å². The number of carbonyl (C=O) groups is 3. The summed E-state index contributed by atoms with van der Waals surface area (Å²) in [5, 5.41) is 2.55. The molecule has 0 aromatic heterocycles. The molecule has 0 spiro atoms. The fourth-order valence-corrected chi connectivity index (χ4v) is 1.73. The minimum absolute atomic E-state index is 0.0924. The molecule has 0 saturated carbocycles. The number of nitrogens with one attached hydrogen (secondary N) is 3. The standard InChI is InChI=1S/C15H21N3O3/c1-9(2)13(16-11(4)19)15(21)18-17-14(20)12-7-5-10(3)6-8-12/h5-9,13H,1-4H3,(H,16,19)(H,17,20)(H,18,21)/t13-/m1/s1. The normalized spacial score (nSPS) is 11.7. The fourth-order valence-electron chi connectivity index (χ4n) is 1.73. The monoisotopic (exact) mass is 291 g/mol. The second-order valence-electron chi connectivity index (χ2n) is 5.23. The zero-order valence-electron chi connectivity index (χ0n) is 12.7. The highest BCUT2D eigenvalue weighted by Crippen LogP contribution is 2.03. The number of hydrogen-bond donors (Lipinski definition) is 3. The van der Waals surface area contributed by atoms with Gasteiger partial charge >= 0.3 is 0 Å². The highest BCUT2D eigenvalue weighted by molar-refractivity contribution is 5.96. The van der Waals surface area contributed by atoms with Gasteiger partial charge in [0.2, 0.25) is 5.91 Å². The van der Waals surface area contributed by atoms with Gasteiger partial charge in [-0.25, -0.2) is 0 Å². The molecule has 3 N–H and O–H groups in total. The lowest BCUT2D eigenvalue weighted by atomic mass is 10.0. The van der Waals surface area contributed by atoms with Crippen molar-refractivity contribution in [3.8, 4) is 0 Å². The zero-order valence-corrected chi connectivity index (χ0v) is 12.7. The largest absolute Gasteiger partial charge is 0.344 e. The Bertz CT molecular complexity index is 523. The van der Waals surface area contributed by atoms with E-state index in [0.29, 0.717) is 5.56 Å². The number of carbonyl (C=O) groups excluding carboxylic acids is 3. The van der Waals surface area contributed by atoms with Crippen LogP contribution >= 0.6 is 0 Å². The number of rotatable bonds is 4. The third-order valence-corrected chi connectivity index (χ3v) is 2.92. The Morgan fingerprint density at radius 1 is 1.00 bits per heavy atom. The molecule has 0 aliphatic carbocycles. The van der Waals surface area contributed by atoms with Crippen molar-refractivity contribution >= 4 is 17.7 Å². The summed E-state index contributed by atoms with van der Waals surface area (Å²) in [7, 11) is 0. The minimum atomic E-state index is -0.694. The maximum atomic E-state index is 12.0. The van der Waals surface area contributed by atoms with Gasteiger partial charge in [-0.3, -0.25) is 25.2 Å². The molecular formula is C15H21N3O3. The first kappa shape index (κ1) is 16.7. The van der Waals surface area contributed by atoms with E-state index in [1.54, 1.807) is 12.1 Å². The minimum Gasteiger partial charge on any atom is -0.344 e. The molecule has 0 fully saturated rings. The lowest BCUT2D eigenvalue weighted by Gasteiger charge is -2.21. The first-order valence-electron chi connectivity index (χ1n) is 6.75. The van der Waals surface area contributed by atoms with Gasteiger partial charge < -0.3 is 5.32 Å². The van der Waals surface area contributed by atoms with Crippen LogP contribution < -0.4 is 16.2 Å². The lowest BCUT2D eigenvalue weighted by Crippen LogP contribution is -2.54. The molecule has 1 atom stereocenters. The van der Waals surface area contributed by atoms with Crippen LogP contribution in [0, 0.1) is 12.8 Å². The maximum absolute atomic E-state index is 12.0. The van der Waals surface area contributed by atoms with Crippen molar-refractivity contribution in [2.45, 2.75) is 33.7 Å². The summed E-state index contributed by atoms with van der Waals surface area (Å²) in [6.45, 7) is 6.88. The van der Waals surface area contributed by atoms with E-state index in [1.807, 2.05) is 32.9 Å². The number of aryl methyl sites for hydroxylation is 1. The van der Waals surface area contributed by atoms with E-state index < -0.39 is 17.9 Å². The van der Waals surface area contributed by atoms with Crippen LogP contribution in [0.5, 0.6) is 0 Å². The molecule has 0 aliphatic heterocycles. The Kier molecular flexibility index (Phi) is 5.90. The molecule has 0 saturated heterocycles. The molecule has 1 aromatic carbocycles. The highest BCUT2D eigenvalue weighted by atomic mass is 16.2. The molecule has 0 unspecified atom stereocenters. The second kappa shape index (κ2) is 7.42. The van der Waals surface area contributed by atoms with E-state index in [-0.39, 0.29) is 11.8 Å². The van der Waals surface area contributed by atoms with Crippen molar-refractivity contribution in [1.82, 2.24) is 16.2 Å². The molecular weight excluding hydrogens is 270 g/mol. The quantitative estimate of drug-likeness (QED) is 0.721. The summed E-state index contributed by atoms with van der Waals surface area (Å²) in [6, 6.07) is 6.27. The Balaban J connectivity index is 2.60. The summed E-state index contributed by atoms with van der Waals surface area (Å²) in [5.41, 5.74) is 6.15. The van der Waals surface area contributed by atoms with Crippen molar-refractivity contribution in [3.05, 3.63) is 35.4 Å². The van der Waals surface area contributed by atoms with Gasteiger partial charge in [-0.05, 0) is 25.0 Å². The average Bonchev–Trinajstić information content (AvgIpc) is 2.42. The molecule has 0 radical (unpaired) electrons. The highest BCUT2D eigenvalue weighted by Gasteiger charge is 2.23. The Hall–Kier alpha value is -2.37. The maximum Gasteiger partial charge on any atom is 0.269 e. The van der Waals surface area contributed by atoms with Crippen molar-refractivity contribution < 1.29 is 14.4 Å². The molecule has 0 aliphatic rings. The summed E-state index contributed by atoms with van der Waals surface area (Å²) in [6.07, 6.45) is 0. The lowest BCUT2D eigenvalue weighted by molar-refractivity contribution is -0.129. The topological polar surface area (TPSA) is 87.3 Å². The van der Waals surface area contributed by atoms with Gasteiger partial charge in [-0.15, -0.1) is 0 Å². The molecule has 1 aromatic rings. The zero-order chi connectivity index (χ0) is 16.0. The number of hydrazine groups is 1. The summed E-state index contributed by atoms with van der Waals surface area (Å²) in [4.78, 5) is 34.9. The smallest absolute Gasteiger partial charge is 0.269 e. The van der Waals surface area contributed by atoms with E-state index in [9.17, 15) is 14.4 Å². The molecule has 21 heavy (non-hydrogen) atoms. The first-order chi connectivity index (χ1) is 9.81. The van der Waals surface area contributed by atoms with E-state index in [1.165, 1.54) is 6.92 Å². The Morgan fingerprint density at radius 3 is 2.05 bits per heavy atom. The van der Waals surface area contributed by atoms with Crippen molar-refractivity contribution in [1.29, 1.82) is 0 Å². The van der Waals surface area contributed by atoms with E-state index in [0.717, 1.165) is 5.56 Å². The van der Waals surface area contributed by atoms with Crippen LogP contribution in [0.2, 0.25) is 0 Å². The van der Waals surface area contributed by atoms with Gasteiger partial charge in [0.05, 0.1) is 0 Å². The molecule has 0 heterocycles. The number of hydrogen-bond acceptors (Lipinski definition) is 3.